The van der Waals surface area contributed by atoms with Crippen molar-refractivity contribution in [2.75, 3.05) is 19.5 Å². The lowest BCUT2D eigenvalue weighted by atomic mass is 10.0. The quantitative estimate of drug-likeness (QED) is 0.793. The molecule has 0 aliphatic rings. The van der Waals surface area contributed by atoms with Gasteiger partial charge in [0.05, 0.1) is 25.9 Å². The van der Waals surface area contributed by atoms with E-state index in [-0.39, 0.29) is 6.04 Å². The number of hydrogen-bond acceptors (Lipinski definition) is 3. The topological polar surface area (TPSA) is 30.5 Å². The van der Waals surface area contributed by atoms with Crippen LogP contribution in [0.15, 0.2) is 46.9 Å². The SMILES string of the molecule is CCC(Nc1cc(OC)ccc1OC)c1ccc(Br)cc1. The number of rotatable bonds is 6. The van der Waals surface area contributed by atoms with Gasteiger partial charge in [0, 0.05) is 10.5 Å². The Hall–Kier alpha value is -1.68. The number of methoxy groups -OCH3 is 2. The van der Waals surface area contributed by atoms with Crippen LogP contribution in [0.5, 0.6) is 11.5 Å². The molecule has 21 heavy (non-hydrogen) atoms. The van der Waals surface area contributed by atoms with Crippen LogP contribution in [0.4, 0.5) is 5.69 Å². The maximum atomic E-state index is 5.42. The van der Waals surface area contributed by atoms with Gasteiger partial charge < -0.3 is 14.8 Å². The number of halogens is 1. The van der Waals surface area contributed by atoms with Crippen molar-refractivity contribution < 1.29 is 9.47 Å². The molecule has 1 unspecified atom stereocenters. The molecule has 0 aliphatic heterocycles. The Morgan fingerprint density at radius 3 is 2.33 bits per heavy atom. The molecule has 2 aromatic rings. The smallest absolute Gasteiger partial charge is 0.142 e. The number of nitrogens with one attached hydrogen (secondary N) is 1. The first kappa shape index (κ1) is 15.7. The summed E-state index contributed by atoms with van der Waals surface area (Å²) in [6.07, 6.45) is 0.974. The van der Waals surface area contributed by atoms with Crippen LogP contribution >= 0.6 is 15.9 Å². The Bertz CT molecular complexity index is 584. The Labute approximate surface area is 134 Å². The summed E-state index contributed by atoms with van der Waals surface area (Å²) in [4.78, 5) is 0. The van der Waals surface area contributed by atoms with Crippen LogP contribution in [-0.4, -0.2) is 14.2 Å². The molecule has 2 aromatic carbocycles. The van der Waals surface area contributed by atoms with E-state index in [9.17, 15) is 0 Å². The van der Waals surface area contributed by atoms with E-state index in [4.69, 9.17) is 9.47 Å². The van der Waals surface area contributed by atoms with Gasteiger partial charge in [-0.15, -0.1) is 0 Å². The van der Waals surface area contributed by atoms with Gasteiger partial charge in [-0.25, -0.2) is 0 Å². The number of ether oxygens (including phenoxy) is 2. The van der Waals surface area contributed by atoms with E-state index in [0.717, 1.165) is 28.1 Å². The highest BCUT2D eigenvalue weighted by molar-refractivity contribution is 9.10. The maximum Gasteiger partial charge on any atom is 0.142 e. The lowest BCUT2D eigenvalue weighted by Crippen LogP contribution is -2.10. The summed E-state index contributed by atoms with van der Waals surface area (Å²) in [6, 6.07) is 14.3. The molecule has 0 aliphatic carbocycles. The molecule has 3 nitrogen and oxygen atoms in total. The molecule has 0 saturated heterocycles. The average molecular weight is 350 g/mol. The van der Waals surface area contributed by atoms with E-state index in [1.165, 1.54) is 5.56 Å². The normalized spacial score (nSPS) is 11.8. The molecule has 4 heteroatoms. The monoisotopic (exact) mass is 349 g/mol. The van der Waals surface area contributed by atoms with Crippen LogP contribution in [0.2, 0.25) is 0 Å². The van der Waals surface area contributed by atoms with Gasteiger partial charge in [0.2, 0.25) is 0 Å². The standard InChI is InChI=1S/C17H20BrNO2/c1-4-15(12-5-7-13(18)8-6-12)19-16-11-14(20-2)9-10-17(16)21-3/h5-11,15,19H,4H2,1-3H3. The average Bonchev–Trinajstić information content (AvgIpc) is 2.53. The molecule has 1 atom stereocenters. The van der Waals surface area contributed by atoms with E-state index in [0.29, 0.717) is 0 Å². The molecule has 0 amide bonds. The molecule has 0 fully saturated rings. The third-order valence-electron chi connectivity index (χ3n) is 3.42. The Morgan fingerprint density at radius 1 is 1.05 bits per heavy atom. The largest absolute Gasteiger partial charge is 0.497 e. The van der Waals surface area contributed by atoms with Crippen LogP contribution in [0.3, 0.4) is 0 Å². The highest BCUT2D eigenvalue weighted by atomic mass is 79.9. The van der Waals surface area contributed by atoms with Crippen molar-refractivity contribution in [2.24, 2.45) is 0 Å². The van der Waals surface area contributed by atoms with Gasteiger partial charge in [0.15, 0.2) is 0 Å². The number of anilines is 1. The fourth-order valence-electron chi connectivity index (χ4n) is 2.23. The fraction of sp³-hybridized carbons (Fsp3) is 0.294. The van der Waals surface area contributed by atoms with Crippen molar-refractivity contribution in [1.29, 1.82) is 0 Å². The minimum absolute atomic E-state index is 0.221. The Morgan fingerprint density at radius 2 is 1.76 bits per heavy atom. The zero-order valence-corrected chi connectivity index (χ0v) is 14.1. The van der Waals surface area contributed by atoms with Crippen molar-refractivity contribution in [2.45, 2.75) is 19.4 Å². The molecule has 1 N–H and O–H groups in total. The summed E-state index contributed by atoms with van der Waals surface area (Å²) < 4.78 is 11.8. The van der Waals surface area contributed by atoms with Crippen molar-refractivity contribution in [3.8, 4) is 11.5 Å². The second-order valence-electron chi connectivity index (χ2n) is 4.72. The van der Waals surface area contributed by atoms with Crippen molar-refractivity contribution >= 4 is 21.6 Å². The molecule has 0 radical (unpaired) electrons. The molecule has 0 saturated carbocycles. The summed E-state index contributed by atoms with van der Waals surface area (Å²) in [6.45, 7) is 2.16. The van der Waals surface area contributed by atoms with Crippen LogP contribution in [-0.2, 0) is 0 Å². The van der Waals surface area contributed by atoms with Gasteiger partial charge in [-0.2, -0.15) is 0 Å². The lowest BCUT2D eigenvalue weighted by Gasteiger charge is -2.21. The summed E-state index contributed by atoms with van der Waals surface area (Å²) >= 11 is 3.47. The molecule has 2 rings (SSSR count). The van der Waals surface area contributed by atoms with Crippen LogP contribution in [0.25, 0.3) is 0 Å². The second kappa shape index (κ2) is 7.36. The van der Waals surface area contributed by atoms with E-state index in [1.807, 2.05) is 18.2 Å². The minimum atomic E-state index is 0.221. The lowest BCUT2D eigenvalue weighted by molar-refractivity contribution is 0.404. The predicted octanol–water partition coefficient (Wildman–Crippen LogP) is 5.03. The first-order valence-electron chi connectivity index (χ1n) is 6.92. The molecule has 0 aromatic heterocycles. The van der Waals surface area contributed by atoms with Crippen LogP contribution in [0, 0.1) is 0 Å². The van der Waals surface area contributed by atoms with Gasteiger partial charge in [0.1, 0.15) is 11.5 Å². The summed E-state index contributed by atoms with van der Waals surface area (Å²) in [5.74, 6) is 1.62. The summed E-state index contributed by atoms with van der Waals surface area (Å²) in [5.41, 5.74) is 2.18. The number of benzene rings is 2. The van der Waals surface area contributed by atoms with E-state index in [2.05, 4.69) is 52.4 Å². The maximum absolute atomic E-state index is 5.42. The molecule has 0 heterocycles. The van der Waals surface area contributed by atoms with E-state index in [1.54, 1.807) is 14.2 Å². The molecule has 0 bridgehead atoms. The Kier molecular flexibility index (Phi) is 5.51. The Balaban J connectivity index is 2.27. The van der Waals surface area contributed by atoms with Crippen LogP contribution < -0.4 is 14.8 Å². The highest BCUT2D eigenvalue weighted by Gasteiger charge is 2.12. The van der Waals surface area contributed by atoms with Crippen molar-refractivity contribution in [3.63, 3.8) is 0 Å². The summed E-state index contributed by atoms with van der Waals surface area (Å²) in [7, 11) is 3.34. The molecular weight excluding hydrogens is 330 g/mol. The van der Waals surface area contributed by atoms with Gasteiger partial charge in [0.25, 0.3) is 0 Å². The first-order chi connectivity index (χ1) is 10.2. The highest BCUT2D eigenvalue weighted by Crippen LogP contribution is 2.33. The molecule has 0 spiro atoms. The molecular formula is C17H20BrNO2. The predicted molar refractivity (Wildman–Crippen MR) is 90.3 cm³/mol. The minimum Gasteiger partial charge on any atom is -0.497 e. The third-order valence-corrected chi connectivity index (χ3v) is 3.95. The first-order valence-corrected chi connectivity index (χ1v) is 7.71. The fourth-order valence-corrected chi connectivity index (χ4v) is 2.50. The van der Waals surface area contributed by atoms with Crippen LogP contribution in [0.1, 0.15) is 24.9 Å². The van der Waals surface area contributed by atoms with Gasteiger partial charge in [-0.3, -0.25) is 0 Å². The molecule has 112 valence electrons. The van der Waals surface area contributed by atoms with Crippen molar-refractivity contribution in [1.82, 2.24) is 0 Å². The van der Waals surface area contributed by atoms with E-state index < -0.39 is 0 Å². The summed E-state index contributed by atoms with van der Waals surface area (Å²) in [5, 5.41) is 3.54. The van der Waals surface area contributed by atoms with Gasteiger partial charge in [-0.1, -0.05) is 35.0 Å². The van der Waals surface area contributed by atoms with Gasteiger partial charge >= 0.3 is 0 Å². The third kappa shape index (κ3) is 3.91. The van der Waals surface area contributed by atoms with Crippen molar-refractivity contribution in [3.05, 3.63) is 52.5 Å². The zero-order chi connectivity index (χ0) is 15.2. The van der Waals surface area contributed by atoms with E-state index >= 15 is 0 Å². The number of hydrogen-bond donors (Lipinski definition) is 1. The second-order valence-corrected chi connectivity index (χ2v) is 5.64. The zero-order valence-electron chi connectivity index (χ0n) is 12.5. The van der Waals surface area contributed by atoms with Gasteiger partial charge in [-0.05, 0) is 36.2 Å².